The lowest BCUT2D eigenvalue weighted by molar-refractivity contribution is 0.0712. The van der Waals surface area contributed by atoms with E-state index in [0.717, 1.165) is 24.1 Å². The molecule has 1 aliphatic heterocycles. The van der Waals surface area contributed by atoms with Crippen LogP contribution in [0, 0.1) is 12.7 Å². The molecule has 1 saturated heterocycles. The van der Waals surface area contributed by atoms with E-state index < -0.39 is 0 Å². The predicted octanol–water partition coefficient (Wildman–Crippen LogP) is 4.20. The largest absolute Gasteiger partial charge is 0.339 e. The number of carbonyl (C=O) groups is 1. The molecule has 2 aromatic rings. The van der Waals surface area contributed by atoms with Crippen molar-refractivity contribution in [3.05, 3.63) is 64.2 Å². The van der Waals surface area contributed by atoms with Crippen LogP contribution in [0.3, 0.4) is 0 Å². The second-order valence-corrected chi connectivity index (χ2v) is 6.27. The first-order chi connectivity index (χ1) is 11.0. The second-order valence-electron chi connectivity index (χ2n) is 5.91. The van der Waals surface area contributed by atoms with Crippen molar-refractivity contribution in [1.29, 1.82) is 0 Å². The van der Waals surface area contributed by atoms with E-state index in [9.17, 15) is 9.18 Å². The van der Waals surface area contributed by atoms with Gasteiger partial charge in [0, 0.05) is 18.8 Å². The van der Waals surface area contributed by atoms with Gasteiger partial charge >= 0.3 is 0 Å². The summed E-state index contributed by atoms with van der Waals surface area (Å²) in [7, 11) is 0. The summed E-state index contributed by atoms with van der Waals surface area (Å²) in [5.74, 6) is 0.0000690. The van der Waals surface area contributed by atoms with Gasteiger partial charge in [0.15, 0.2) is 0 Å². The highest BCUT2D eigenvalue weighted by atomic mass is 35.5. The topological polar surface area (TPSA) is 33.2 Å². The average Bonchev–Trinajstić information content (AvgIpc) is 2.54. The van der Waals surface area contributed by atoms with E-state index in [1.54, 1.807) is 29.2 Å². The molecule has 0 spiro atoms. The summed E-state index contributed by atoms with van der Waals surface area (Å²) in [6.45, 7) is 3.12. The number of aromatic nitrogens is 1. The highest BCUT2D eigenvalue weighted by molar-refractivity contribution is 6.32. The monoisotopic (exact) mass is 332 g/mol. The summed E-state index contributed by atoms with van der Waals surface area (Å²) in [6, 6.07) is 10.2. The number of hydrogen-bond donors (Lipinski definition) is 0. The fraction of sp³-hybridized carbons (Fsp3) is 0.333. The standard InChI is InChI=1S/C18H18ClFN2O/c1-12-5-6-16(17(19)21-12)18(23)22-9-7-13(8-10-22)14-3-2-4-15(20)11-14/h2-6,11,13H,7-10H2,1H3. The van der Waals surface area contributed by atoms with Gasteiger partial charge in [0.05, 0.1) is 5.56 Å². The van der Waals surface area contributed by atoms with Crippen molar-refractivity contribution in [2.24, 2.45) is 0 Å². The van der Waals surface area contributed by atoms with Gasteiger partial charge in [-0.25, -0.2) is 9.37 Å². The highest BCUT2D eigenvalue weighted by Crippen LogP contribution is 2.29. The molecule has 3 rings (SSSR count). The molecule has 120 valence electrons. The van der Waals surface area contributed by atoms with Gasteiger partial charge in [0.2, 0.25) is 0 Å². The lowest BCUT2D eigenvalue weighted by Gasteiger charge is -2.32. The summed E-state index contributed by atoms with van der Waals surface area (Å²) in [5, 5.41) is 0.252. The zero-order valence-electron chi connectivity index (χ0n) is 12.9. The molecule has 1 aromatic heterocycles. The molecule has 3 nitrogen and oxygen atoms in total. The fourth-order valence-corrected chi connectivity index (χ4v) is 3.31. The number of pyridine rings is 1. The summed E-state index contributed by atoms with van der Waals surface area (Å²) in [5.41, 5.74) is 2.24. The third-order valence-corrected chi connectivity index (χ3v) is 4.61. The van der Waals surface area contributed by atoms with Crippen LogP contribution in [0.5, 0.6) is 0 Å². The number of amides is 1. The second kappa shape index (κ2) is 6.67. The van der Waals surface area contributed by atoms with Crippen LogP contribution >= 0.6 is 11.6 Å². The number of hydrogen-bond acceptors (Lipinski definition) is 2. The van der Waals surface area contributed by atoms with Gasteiger partial charge in [0.25, 0.3) is 5.91 Å². The van der Waals surface area contributed by atoms with Crippen LogP contribution < -0.4 is 0 Å². The van der Waals surface area contributed by atoms with Crippen LogP contribution in [0.1, 0.15) is 40.4 Å². The molecule has 5 heteroatoms. The number of carbonyl (C=O) groups excluding carboxylic acids is 1. The minimum Gasteiger partial charge on any atom is -0.339 e. The average molecular weight is 333 g/mol. The van der Waals surface area contributed by atoms with Crippen LogP contribution in [0.25, 0.3) is 0 Å². The van der Waals surface area contributed by atoms with Crippen LogP contribution in [-0.2, 0) is 0 Å². The molecule has 0 saturated carbocycles. The van der Waals surface area contributed by atoms with Crippen molar-refractivity contribution in [2.75, 3.05) is 13.1 Å². The van der Waals surface area contributed by atoms with Crippen molar-refractivity contribution in [3.63, 3.8) is 0 Å². The Morgan fingerprint density at radius 2 is 2.00 bits per heavy atom. The molecule has 1 aliphatic rings. The van der Waals surface area contributed by atoms with Crippen molar-refractivity contribution in [3.8, 4) is 0 Å². The SMILES string of the molecule is Cc1ccc(C(=O)N2CCC(c3cccc(F)c3)CC2)c(Cl)n1. The normalized spacial score (nSPS) is 15.7. The van der Waals surface area contributed by atoms with Crippen LogP contribution in [0.2, 0.25) is 5.15 Å². The Morgan fingerprint density at radius 1 is 1.26 bits per heavy atom. The third-order valence-electron chi connectivity index (χ3n) is 4.32. The maximum absolute atomic E-state index is 13.3. The van der Waals surface area contributed by atoms with Crippen molar-refractivity contribution in [2.45, 2.75) is 25.7 Å². The number of likely N-dealkylation sites (tertiary alicyclic amines) is 1. The lowest BCUT2D eigenvalue weighted by atomic mass is 9.89. The predicted molar refractivity (Wildman–Crippen MR) is 88.3 cm³/mol. The highest BCUT2D eigenvalue weighted by Gasteiger charge is 2.26. The van der Waals surface area contributed by atoms with Crippen LogP contribution in [0.4, 0.5) is 4.39 Å². The first-order valence-corrected chi connectivity index (χ1v) is 8.10. The molecular formula is C18H18ClFN2O. The van der Waals surface area contributed by atoms with Crippen molar-refractivity contribution >= 4 is 17.5 Å². The minimum absolute atomic E-state index is 0.0832. The number of aryl methyl sites for hydroxylation is 1. The lowest BCUT2D eigenvalue weighted by Crippen LogP contribution is -2.38. The molecule has 0 N–H and O–H groups in total. The van der Waals surface area contributed by atoms with Gasteiger partial charge in [-0.05, 0) is 55.5 Å². The number of benzene rings is 1. The molecule has 0 unspecified atom stereocenters. The number of piperidine rings is 1. The Labute approximate surface area is 140 Å². The van der Waals surface area contributed by atoms with Gasteiger partial charge < -0.3 is 4.90 Å². The quantitative estimate of drug-likeness (QED) is 0.772. The van der Waals surface area contributed by atoms with Crippen LogP contribution in [-0.4, -0.2) is 28.9 Å². The van der Waals surface area contributed by atoms with E-state index in [-0.39, 0.29) is 16.9 Å². The summed E-state index contributed by atoms with van der Waals surface area (Å²) in [4.78, 5) is 18.5. The van der Waals surface area contributed by atoms with Gasteiger partial charge in [-0.3, -0.25) is 4.79 Å². The van der Waals surface area contributed by atoms with E-state index in [2.05, 4.69) is 4.98 Å². The van der Waals surface area contributed by atoms with Gasteiger partial charge in [0.1, 0.15) is 11.0 Å². The molecular weight excluding hydrogens is 315 g/mol. The molecule has 1 fully saturated rings. The maximum atomic E-state index is 13.3. The molecule has 2 heterocycles. The Bertz CT molecular complexity index is 727. The number of rotatable bonds is 2. The number of nitrogens with zero attached hydrogens (tertiary/aromatic N) is 2. The Kier molecular flexibility index (Phi) is 4.62. The van der Waals surface area contributed by atoms with Gasteiger partial charge in [-0.1, -0.05) is 23.7 Å². The van der Waals surface area contributed by atoms with Gasteiger partial charge in [-0.2, -0.15) is 0 Å². The third kappa shape index (κ3) is 3.53. The molecule has 1 aromatic carbocycles. The first kappa shape index (κ1) is 15.9. The summed E-state index contributed by atoms with van der Waals surface area (Å²) in [6.07, 6.45) is 1.65. The van der Waals surface area contributed by atoms with Crippen LogP contribution in [0.15, 0.2) is 36.4 Å². The zero-order chi connectivity index (χ0) is 16.4. The molecule has 0 radical (unpaired) electrons. The molecule has 0 bridgehead atoms. The Morgan fingerprint density at radius 3 is 2.65 bits per heavy atom. The van der Waals surface area contributed by atoms with Crippen molar-refractivity contribution in [1.82, 2.24) is 9.88 Å². The Hall–Kier alpha value is -1.94. The Balaban J connectivity index is 1.68. The zero-order valence-corrected chi connectivity index (χ0v) is 13.7. The number of halogens is 2. The molecule has 1 amide bonds. The maximum Gasteiger partial charge on any atom is 0.256 e. The van der Waals surface area contributed by atoms with E-state index in [1.165, 1.54) is 6.07 Å². The smallest absolute Gasteiger partial charge is 0.256 e. The van der Waals surface area contributed by atoms with E-state index in [0.29, 0.717) is 24.6 Å². The van der Waals surface area contributed by atoms with E-state index in [1.807, 2.05) is 13.0 Å². The van der Waals surface area contributed by atoms with Gasteiger partial charge in [-0.15, -0.1) is 0 Å². The van der Waals surface area contributed by atoms with E-state index >= 15 is 0 Å². The molecule has 0 aliphatic carbocycles. The summed E-state index contributed by atoms with van der Waals surface area (Å²) >= 11 is 6.09. The molecule has 23 heavy (non-hydrogen) atoms. The first-order valence-electron chi connectivity index (χ1n) is 7.72. The summed E-state index contributed by atoms with van der Waals surface area (Å²) < 4.78 is 13.3. The van der Waals surface area contributed by atoms with Crippen molar-refractivity contribution < 1.29 is 9.18 Å². The van der Waals surface area contributed by atoms with E-state index in [4.69, 9.17) is 11.6 Å². The molecule has 0 atom stereocenters. The fourth-order valence-electron chi connectivity index (χ4n) is 3.03. The minimum atomic E-state index is -0.210.